The zero-order valence-electron chi connectivity index (χ0n) is 9.43. The fourth-order valence-electron chi connectivity index (χ4n) is 1.75. The van der Waals surface area contributed by atoms with E-state index in [1.165, 1.54) is 0 Å². The number of halogens is 2. The van der Waals surface area contributed by atoms with Crippen LogP contribution in [0.5, 0.6) is 0 Å². The Balaban J connectivity index is 0.00000128. The smallest absolute Gasteiger partial charge is 0.360 e. The van der Waals surface area contributed by atoms with Gasteiger partial charge in [-0.05, 0) is 26.3 Å². The molecule has 1 fully saturated rings. The molecule has 0 bridgehead atoms. The third-order valence-electron chi connectivity index (χ3n) is 2.43. The van der Waals surface area contributed by atoms with Gasteiger partial charge in [0.25, 0.3) is 0 Å². The lowest BCUT2D eigenvalue weighted by atomic mass is 10.1. The molecule has 6 nitrogen and oxygen atoms in total. The number of carbonyl (C=O) groups is 1. The van der Waals surface area contributed by atoms with Crippen LogP contribution < -0.4 is 5.32 Å². The summed E-state index contributed by atoms with van der Waals surface area (Å²) in [5.74, 6) is -0.407. The molecule has 0 aliphatic carbocycles. The second-order valence-electron chi connectivity index (χ2n) is 3.43. The third kappa shape index (κ3) is 3.55. The number of nitrogens with zero attached hydrogens (tertiary/aromatic N) is 2. The van der Waals surface area contributed by atoms with Gasteiger partial charge in [-0.3, -0.25) is 0 Å². The first-order valence-corrected chi connectivity index (χ1v) is 5.14. The normalized spacial score (nSPS) is 18.1. The number of carbonyl (C=O) groups excluding carboxylic acids is 1. The van der Waals surface area contributed by atoms with Crippen LogP contribution in [-0.2, 0) is 4.74 Å². The number of rotatable bonds is 3. The topological polar surface area (TPSA) is 79.9 Å². The number of aromatic amines is 1. The molecular weight excluding hydrogens is 267 g/mol. The van der Waals surface area contributed by atoms with Gasteiger partial charge in [0.1, 0.15) is 5.69 Å². The first-order chi connectivity index (χ1) is 7.33. The van der Waals surface area contributed by atoms with E-state index < -0.39 is 5.97 Å². The van der Waals surface area contributed by atoms with E-state index in [0.717, 1.165) is 19.4 Å². The van der Waals surface area contributed by atoms with Crippen molar-refractivity contribution in [1.29, 1.82) is 0 Å². The van der Waals surface area contributed by atoms with Crippen LogP contribution in [0.4, 0.5) is 0 Å². The van der Waals surface area contributed by atoms with E-state index in [4.69, 9.17) is 4.74 Å². The lowest BCUT2D eigenvalue weighted by Gasteiger charge is -2.07. The van der Waals surface area contributed by atoms with E-state index in [0.29, 0.717) is 18.0 Å². The van der Waals surface area contributed by atoms with Crippen LogP contribution in [0.2, 0.25) is 0 Å². The SMILES string of the molecule is CCOC(=O)c1n[nH]nc1C1CCCN1.Cl.Cl. The van der Waals surface area contributed by atoms with Crippen LogP contribution in [0.1, 0.15) is 42.0 Å². The minimum absolute atomic E-state index is 0. The number of H-pyrrole nitrogens is 1. The molecular formula is C9H16Cl2N4O2. The van der Waals surface area contributed by atoms with E-state index in [-0.39, 0.29) is 30.9 Å². The lowest BCUT2D eigenvalue weighted by Crippen LogP contribution is -2.17. The van der Waals surface area contributed by atoms with Gasteiger partial charge >= 0.3 is 5.97 Å². The summed E-state index contributed by atoms with van der Waals surface area (Å²) >= 11 is 0. The van der Waals surface area contributed by atoms with Gasteiger partial charge in [-0.1, -0.05) is 0 Å². The van der Waals surface area contributed by atoms with E-state index in [1.807, 2.05) is 0 Å². The van der Waals surface area contributed by atoms with Gasteiger partial charge in [-0.25, -0.2) is 4.79 Å². The second kappa shape index (κ2) is 7.47. The maximum Gasteiger partial charge on any atom is 0.360 e. The number of aromatic nitrogens is 3. The number of ether oxygens (including phenoxy) is 1. The molecule has 1 saturated heterocycles. The van der Waals surface area contributed by atoms with Gasteiger partial charge in [0.05, 0.1) is 12.6 Å². The number of hydrogen-bond donors (Lipinski definition) is 2. The fourth-order valence-corrected chi connectivity index (χ4v) is 1.75. The van der Waals surface area contributed by atoms with Crippen LogP contribution in [0.25, 0.3) is 0 Å². The van der Waals surface area contributed by atoms with Gasteiger partial charge in [-0.2, -0.15) is 10.3 Å². The minimum atomic E-state index is -0.407. The largest absolute Gasteiger partial charge is 0.461 e. The zero-order chi connectivity index (χ0) is 10.7. The molecule has 0 aromatic carbocycles. The maximum absolute atomic E-state index is 11.5. The van der Waals surface area contributed by atoms with Crippen molar-refractivity contribution in [3.63, 3.8) is 0 Å². The molecule has 17 heavy (non-hydrogen) atoms. The highest BCUT2D eigenvalue weighted by Gasteiger charge is 2.26. The number of nitrogens with one attached hydrogen (secondary N) is 2. The standard InChI is InChI=1S/C9H14N4O2.2ClH/c1-2-15-9(14)8-7(11-13-12-8)6-4-3-5-10-6;;/h6,10H,2-5H2,1H3,(H,11,12,13);2*1H. The van der Waals surface area contributed by atoms with Gasteiger partial charge in [0.15, 0.2) is 5.69 Å². The van der Waals surface area contributed by atoms with Crippen molar-refractivity contribution in [2.24, 2.45) is 0 Å². The van der Waals surface area contributed by atoms with Gasteiger partial charge < -0.3 is 10.1 Å². The quantitative estimate of drug-likeness (QED) is 0.816. The average Bonchev–Trinajstić information content (AvgIpc) is 2.88. The molecule has 2 N–H and O–H groups in total. The molecule has 0 spiro atoms. The number of esters is 1. The molecule has 0 amide bonds. The molecule has 98 valence electrons. The highest BCUT2D eigenvalue weighted by molar-refractivity contribution is 5.88. The molecule has 2 rings (SSSR count). The van der Waals surface area contributed by atoms with Crippen LogP contribution in [0, 0.1) is 0 Å². The molecule has 0 radical (unpaired) electrons. The summed E-state index contributed by atoms with van der Waals surface area (Å²) in [6.45, 7) is 3.08. The number of hydrogen-bond acceptors (Lipinski definition) is 5. The van der Waals surface area contributed by atoms with Gasteiger partial charge in [0.2, 0.25) is 0 Å². The molecule has 1 unspecified atom stereocenters. The van der Waals surface area contributed by atoms with Crippen molar-refractivity contribution >= 4 is 30.8 Å². The van der Waals surface area contributed by atoms with E-state index >= 15 is 0 Å². The predicted molar refractivity (Wildman–Crippen MR) is 66.8 cm³/mol. The molecule has 1 aromatic rings. The summed E-state index contributed by atoms with van der Waals surface area (Å²) < 4.78 is 4.90. The van der Waals surface area contributed by atoms with Crippen molar-refractivity contribution < 1.29 is 9.53 Å². The summed E-state index contributed by atoms with van der Waals surface area (Å²) in [7, 11) is 0. The fraction of sp³-hybridized carbons (Fsp3) is 0.667. The van der Waals surface area contributed by atoms with Crippen LogP contribution in [0.15, 0.2) is 0 Å². The van der Waals surface area contributed by atoms with Crippen molar-refractivity contribution in [1.82, 2.24) is 20.7 Å². The van der Waals surface area contributed by atoms with E-state index in [2.05, 4.69) is 20.7 Å². The first-order valence-electron chi connectivity index (χ1n) is 5.14. The van der Waals surface area contributed by atoms with Crippen molar-refractivity contribution in [3.05, 3.63) is 11.4 Å². The van der Waals surface area contributed by atoms with E-state index in [9.17, 15) is 4.79 Å². The summed E-state index contributed by atoms with van der Waals surface area (Å²) in [4.78, 5) is 11.5. The Morgan fingerprint density at radius 1 is 1.47 bits per heavy atom. The van der Waals surface area contributed by atoms with Crippen molar-refractivity contribution in [2.45, 2.75) is 25.8 Å². The third-order valence-corrected chi connectivity index (χ3v) is 2.43. The Kier molecular flexibility index (Phi) is 7.10. The minimum Gasteiger partial charge on any atom is -0.461 e. The van der Waals surface area contributed by atoms with Crippen LogP contribution in [-0.4, -0.2) is 34.5 Å². The first kappa shape index (κ1) is 16.1. The van der Waals surface area contributed by atoms with Crippen molar-refractivity contribution in [2.75, 3.05) is 13.2 Å². The van der Waals surface area contributed by atoms with E-state index in [1.54, 1.807) is 6.92 Å². The molecule has 2 heterocycles. The molecule has 8 heteroatoms. The summed E-state index contributed by atoms with van der Waals surface area (Å²) in [5.41, 5.74) is 0.974. The summed E-state index contributed by atoms with van der Waals surface area (Å²) in [5, 5.41) is 13.6. The Hall–Kier alpha value is -0.850. The molecule has 1 aliphatic heterocycles. The second-order valence-corrected chi connectivity index (χ2v) is 3.43. The zero-order valence-corrected chi connectivity index (χ0v) is 11.1. The Bertz CT molecular complexity index is 353. The molecule has 1 aromatic heterocycles. The maximum atomic E-state index is 11.5. The molecule has 0 saturated carbocycles. The Morgan fingerprint density at radius 3 is 2.82 bits per heavy atom. The molecule has 1 aliphatic rings. The van der Waals surface area contributed by atoms with Crippen molar-refractivity contribution in [3.8, 4) is 0 Å². The monoisotopic (exact) mass is 282 g/mol. The van der Waals surface area contributed by atoms with Gasteiger partial charge in [0, 0.05) is 0 Å². The Morgan fingerprint density at radius 2 is 2.24 bits per heavy atom. The average molecular weight is 283 g/mol. The molecule has 1 atom stereocenters. The van der Waals surface area contributed by atoms with Crippen LogP contribution in [0.3, 0.4) is 0 Å². The predicted octanol–water partition coefficient (Wildman–Crippen LogP) is 1.25. The highest BCUT2D eigenvalue weighted by Crippen LogP contribution is 2.23. The summed E-state index contributed by atoms with van der Waals surface area (Å²) in [6, 6.07) is 0.128. The lowest BCUT2D eigenvalue weighted by molar-refractivity contribution is 0.0517. The Labute approximate surface area is 112 Å². The van der Waals surface area contributed by atoms with Crippen LogP contribution >= 0.6 is 24.8 Å². The highest BCUT2D eigenvalue weighted by atomic mass is 35.5. The van der Waals surface area contributed by atoms with Gasteiger partial charge in [-0.15, -0.1) is 29.9 Å². The summed E-state index contributed by atoms with van der Waals surface area (Å²) in [6.07, 6.45) is 2.08.